The first-order valence-corrected chi connectivity index (χ1v) is 8.22. The van der Waals surface area contributed by atoms with Gasteiger partial charge in [-0.3, -0.25) is 14.6 Å². The Balaban J connectivity index is 1.33. The molecule has 1 aromatic carbocycles. The van der Waals surface area contributed by atoms with E-state index in [0.717, 1.165) is 52.1 Å². The number of hydrogen-bond acceptors (Lipinski definition) is 4. The van der Waals surface area contributed by atoms with Crippen LogP contribution in [0.25, 0.3) is 0 Å². The molecule has 0 unspecified atom stereocenters. The Morgan fingerprint density at radius 1 is 1.09 bits per heavy atom. The van der Waals surface area contributed by atoms with Crippen LogP contribution in [0.4, 0.5) is 0 Å². The smallest absolute Gasteiger partial charge is 0.240 e. The van der Waals surface area contributed by atoms with E-state index in [-0.39, 0.29) is 5.91 Å². The Bertz CT molecular complexity index is 493. The lowest BCUT2D eigenvalue weighted by molar-refractivity contribution is -0.123. The molecule has 2 aliphatic rings. The maximum atomic E-state index is 11.8. The molecule has 5 nitrogen and oxygen atoms in total. The molecule has 120 valence electrons. The fourth-order valence-corrected chi connectivity index (χ4v) is 2.88. The molecule has 1 heterocycles. The van der Waals surface area contributed by atoms with Gasteiger partial charge in [0.05, 0.1) is 5.54 Å². The molecular formula is C17H26N4O. The second-order valence-electron chi connectivity index (χ2n) is 6.52. The summed E-state index contributed by atoms with van der Waals surface area (Å²) >= 11 is 0. The molecule has 3 N–H and O–H groups in total. The number of nitrogens with zero attached hydrogens (tertiary/aromatic N) is 2. The van der Waals surface area contributed by atoms with Crippen molar-refractivity contribution in [2.45, 2.75) is 24.9 Å². The molecule has 1 saturated carbocycles. The minimum absolute atomic E-state index is 0.0233. The van der Waals surface area contributed by atoms with Crippen LogP contribution in [0.1, 0.15) is 18.4 Å². The third-order valence-corrected chi connectivity index (χ3v) is 4.67. The topological polar surface area (TPSA) is 61.6 Å². The summed E-state index contributed by atoms with van der Waals surface area (Å²) in [5, 5.41) is 2.96. The number of piperazine rings is 1. The summed E-state index contributed by atoms with van der Waals surface area (Å²) < 4.78 is 0. The predicted molar refractivity (Wildman–Crippen MR) is 87.3 cm³/mol. The maximum Gasteiger partial charge on any atom is 0.240 e. The van der Waals surface area contributed by atoms with Crippen LogP contribution < -0.4 is 11.1 Å². The molecule has 1 aliphatic heterocycles. The molecule has 0 spiro atoms. The van der Waals surface area contributed by atoms with Crippen LogP contribution in [-0.4, -0.2) is 60.5 Å². The van der Waals surface area contributed by atoms with Crippen LogP contribution >= 0.6 is 0 Å². The first kappa shape index (κ1) is 15.5. The Morgan fingerprint density at radius 3 is 2.36 bits per heavy atom. The molecule has 5 heteroatoms. The molecule has 22 heavy (non-hydrogen) atoms. The quantitative estimate of drug-likeness (QED) is 0.799. The van der Waals surface area contributed by atoms with Crippen molar-refractivity contribution in [3.63, 3.8) is 0 Å². The fourth-order valence-electron chi connectivity index (χ4n) is 2.88. The lowest BCUT2D eigenvalue weighted by Gasteiger charge is -2.34. The lowest BCUT2D eigenvalue weighted by atomic mass is 10.2. The van der Waals surface area contributed by atoms with Crippen molar-refractivity contribution in [1.82, 2.24) is 15.1 Å². The zero-order valence-corrected chi connectivity index (χ0v) is 13.1. The van der Waals surface area contributed by atoms with Gasteiger partial charge in [0.15, 0.2) is 0 Å². The zero-order chi connectivity index (χ0) is 15.4. The Kier molecular flexibility index (Phi) is 4.76. The summed E-state index contributed by atoms with van der Waals surface area (Å²) in [6.07, 6.45) is 1.66. The summed E-state index contributed by atoms with van der Waals surface area (Å²) in [5.41, 5.74) is 6.70. The monoisotopic (exact) mass is 302 g/mol. The van der Waals surface area contributed by atoms with Gasteiger partial charge >= 0.3 is 0 Å². The van der Waals surface area contributed by atoms with Crippen molar-refractivity contribution >= 4 is 5.91 Å². The second-order valence-corrected chi connectivity index (χ2v) is 6.52. The Hall–Kier alpha value is -1.43. The van der Waals surface area contributed by atoms with Crippen molar-refractivity contribution in [2.24, 2.45) is 5.73 Å². The molecule has 0 bridgehead atoms. The zero-order valence-electron chi connectivity index (χ0n) is 13.1. The van der Waals surface area contributed by atoms with Crippen molar-refractivity contribution < 1.29 is 4.79 Å². The van der Waals surface area contributed by atoms with E-state index in [1.807, 2.05) is 0 Å². The van der Waals surface area contributed by atoms with Gasteiger partial charge in [0, 0.05) is 45.8 Å². The molecule has 1 saturated heterocycles. The molecule has 2 fully saturated rings. The van der Waals surface area contributed by atoms with E-state index >= 15 is 0 Å². The minimum Gasteiger partial charge on any atom is -0.353 e. The number of nitrogens with two attached hydrogens (primary N) is 1. The van der Waals surface area contributed by atoms with Crippen LogP contribution in [0.15, 0.2) is 30.3 Å². The molecule has 1 amide bonds. The van der Waals surface area contributed by atoms with Crippen LogP contribution in [0, 0.1) is 0 Å². The first-order chi connectivity index (χ1) is 10.7. The fraction of sp³-hybridized carbons (Fsp3) is 0.588. The molecule has 3 rings (SSSR count). The Labute approximate surface area is 132 Å². The van der Waals surface area contributed by atoms with Gasteiger partial charge in [-0.15, -0.1) is 0 Å². The summed E-state index contributed by atoms with van der Waals surface area (Å²) in [6.45, 7) is 6.96. The SMILES string of the molecule is NC1(C(=O)NCCN2CCN(Cc3ccccc3)CC2)CC1. The largest absolute Gasteiger partial charge is 0.353 e. The first-order valence-electron chi connectivity index (χ1n) is 8.22. The van der Waals surface area contributed by atoms with E-state index in [1.165, 1.54) is 5.56 Å². The van der Waals surface area contributed by atoms with E-state index < -0.39 is 5.54 Å². The minimum atomic E-state index is -0.547. The van der Waals surface area contributed by atoms with Gasteiger partial charge in [-0.1, -0.05) is 30.3 Å². The molecule has 1 aliphatic carbocycles. The second kappa shape index (κ2) is 6.77. The van der Waals surface area contributed by atoms with Gasteiger partial charge in [0.25, 0.3) is 0 Å². The van der Waals surface area contributed by atoms with Gasteiger partial charge in [-0.2, -0.15) is 0 Å². The normalized spacial score (nSPS) is 21.5. The third kappa shape index (κ3) is 4.06. The van der Waals surface area contributed by atoms with Gasteiger partial charge in [-0.25, -0.2) is 0 Å². The van der Waals surface area contributed by atoms with E-state index in [2.05, 4.69) is 45.4 Å². The van der Waals surface area contributed by atoms with Crippen LogP contribution in [0.2, 0.25) is 0 Å². The number of rotatable bonds is 6. The molecule has 0 aromatic heterocycles. The average Bonchev–Trinajstić information content (AvgIpc) is 3.29. The molecule has 0 atom stereocenters. The highest BCUT2D eigenvalue weighted by Gasteiger charge is 2.45. The van der Waals surface area contributed by atoms with Gasteiger partial charge in [0.2, 0.25) is 5.91 Å². The number of amides is 1. The van der Waals surface area contributed by atoms with Gasteiger partial charge in [-0.05, 0) is 18.4 Å². The van der Waals surface area contributed by atoms with Gasteiger partial charge in [0.1, 0.15) is 0 Å². The highest BCUT2D eigenvalue weighted by molar-refractivity contribution is 5.88. The van der Waals surface area contributed by atoms with Gasteiger partial charge < -0.3 is 11.1 Å². The van der Waals surface area contributed by atoms with E-state index in [1.54, 1.807) is 0 Å². The Morgan fingerprint density at radius 2 is 1.73 bits per heavy atom. The molecule has 1 aromatic rings. The summed E-state index contributed by atoms with van der Waals surface area (Å²) in [4.78, 5) is 16.7. The highest BCUT2D eigenvalue weighted by atomic mass is 16.2. The number of hydrogen-bond donors (Lipinski definition) is 2. The van der Waals surface area contributed by atoms with E-state index in [9.17, 15) is 4.79 Å². The number of carbonyl (C=O) groups excluding carboxylic acids is 1. The van der Waals surface area contributed by atoms with Crippen molar-refractivity contribution in [2.75, 3.05) is 39.3 Å². The predicted octanol–water partition coefficient (Wildman–Crippen LogP) is 0.412. The third-order valence-electron chi connectivity index (χ3n) is 4.67. The maximum absolute atomic E-state index is 11.8. The van der Waals surface area contributed by atoms with Crippen molar-refractivity contribution in [3.05, 3.63) is 35.9 Å². The van der Waals surface area contributed by atoms with Crippen LogP contribution in [0.3, 0.4) is 0 Å². The summed E-state index contributed by atoms with van der Waals surface area (Å²) in [5.74, 6) is 0.0233. The standard InChI is InChI=1S/C17H26N4O/c18-17(6-7-17)16(22)19-8-9-20-10-12-21(13-11-20)14-15-4-2-1-3-5-15/h1-5H,6-14,18H2,(H,19,22). The average molecular weight is 302 g/mol. The van der Waals surface area contributed by atoms with Crippen LogP contribution in [0.5, 0.6) is 0 Å². The van der Waals surface area contributed by atoms with Crippen LogP contribution in [-0.2, 0) is 11.3 Å². The number of benzene rings is 1. The van der Waals surface area contributed by atoms with E-state index in [0.29, 0.717) is 6.54 Å². The number of nitrogens with one attached hydrogen (secondary N) is 1. The molecular weight excluding hydrogens is 276 g/mol. The highest BCUT2D eigenvalue weighted by Crippen LogP contribution is 2.31. The molecule has 0 radical (unpaired) electrons. The lowest BCUT2D eigenvalue weighted by Crippen LogP contribution is -2.49. The summed E-state index contributed by atoms with van der Waals surface area (Å²) in [6, 6.07) is 10.6. The number of carbonyl (C=O) groups is 1. The summed E-state index contributed by atoms with van der Waals surface area (Å²) in [7, 11) is 0. The van der Waals surface area contributed by atoms with E-state index in [4.69, 9.17) is 5.73 Å². The van der Waals surface area contributed by atoms with Crippen molar-refractivity contribution in [1.29, 1.82) is 0 Å². The van der Waals surface area contributed by atoms with Crippen molar-refractivity contribution in [3.8, 4) is 0 Å².